The molecule has 0 atom stereocenters. The molecule has 0 saturated carbocycles. The van der Waals surface area contributed by atoms with E-state index in [0.29, 0.717) is 0 Å². The summed E-state index contributed by atoms with van der Waals surface area (Å²) in [5.74, 6) is 0. The predicted octanol–water partition coefficient (Wildman–Crippen LogP) is 5.73. The van der Waals surface area contributed by atoms with Crippen LogP contribution in [0.15, 0.2) is 0 Å². The van der Waals surface area contributed by atoms with Crippen molar-refractivity contribution in [2.24, 2.45) is 0 Å². The minimum absolute atomic E-state index is 0. The number of hydrogen-bond acceptors (Lipinski definition) is 8. The minimum atomic E-state index is -4.02. The molecule has 0 aliphatic heterocycles. The van der Waals surface area contributed by atoms with Crippen LogP contribution in [0.1, 0.15) is 105 Å². The van der Waals surface area contributed by atoms with Crippen LogP contribution in [0.2, 0.25) is 0 Å². The molecule has 0 saturated heterocycles. The van der Waals surface area contributed by atoms with Crippen LogP contribution in [0, 0.1) is 0 Å². The van der Waals surface area contributed by atoms with Gasteiger partial charge in [0.25, 0.3) is 15.6 Å². The summed E-state index contributed by atoms with van der Waals surface area (Å²) in [7, 11) is -8.05. The standard InChI is InChI=1S/2C10H23O4P.Zn/c2*1-3-5-7-9-13-15(11,12)14-10-8-6-4-2;/h2*3-10H2,1-2H3,(H,11,12);/q;;+2/p-2. The fourth-order valence-electron chi connectivity index (χ4n) is 2.19. The van der Waals surface area contributed by atoms with Gasteiger partial charge in [-0.15, -0.1) is 0 Å². The fraction of sp³-hybridized carbons (Fsp3) is 1.00. The zero-order valence-corrected chi connectivity index (χ0v) is 24.9. The molecule has 0 fully saturated rings. The molecular weight excluding hydrogens is 496 g/mol. The van der Waals surface area contributed by atoms with E-state index in [1.807, 2.05) is 0 Å². The number of phosphoric ester groups is 2. The molecule has 0 bridgehead atoms. The second-order valence-electron chi connectivity index (χ2n) is 7.06. The molecule has 0 spiro atoms. The molecule has 11 heteroatoms. The topological polar surface area (TPSA) is 117 Å². The Morgan fingerprint density at radius 2 is 0.677 bits per heavy atom. The minimum Gasteiger partial charge on any atom is -0.756 e. The molecule has 0 N–H and O–H groups in total. The van der Waals surface area contributed by atoms with Crippen molar-refractivity contribution in [2.45, 2.75) is 105 Å². The van der Waals surface area contributed by atoms with Gasteiger partial charge in [-0.05, 0) is 25.7 Å². The molecule has 0 aromatic carbocycles. The van der Waals surface area contributed by atoms with Crippen LogP contribution in [-0.4, -0.2) is 26.4 Å². The predicted molar refractivity (Wildman–Crippen MR) is 117 cm³/mol. The van der Waals surface area contributed by atoms with Crippen LogP contribution in [0.5, 0.6) is 0 Å². The van der Waals surface area contributed by atoms with Crippen molar-refractivity contribution in [3.05, 3.63) is 0 Å². The van der Waals surface area contributed by atoms with Crippen molar-refractivity contribution in [3.63, 3.8) is 0 Å². The van der Waals surface area contributed by atoms with Crippen LogP contribution < -0.4 is 9.79 Å². The quantitative estimate of drug-likeness (QED) is 0.109. The van der Waals surface area contributed by atoms with Gasteiger partial charge in [0.1, 0.15) is 0 Å². The van der Waals surface area contributed by atoms with Gasteiger partial charge in [-0.2, -0.15) is 0 Å². The SMILES string of the molecule is CCCCCOP(=O)([O-])OCCCCC.CCCCCOP(=O)([O-])OCCCCC.[Zn+2]. The van der Waals surface area contributed by atoms with E-state index >= 15 is 0 Å². The van der Waals surface area contributed by atoms with Gasteiger partial charge in [0, 0.05) is 0 Å². The monoisotopic (exact) mass is 538 g/mol. The van der Waals surface area contributed by atoms with Gasteiger partial charge in [0.2, 0.25) is 0 Å². The average Bonchev–Trinajstić information content (AvgIpc) is 2.70. The van der Waals surface area contributed by atoms with Crippen LogP contribution in [0.4, 0.5) is 0 Å². The number of hydrogen-bond donors (Lipinski definition) is 0. The Morgan fingerprint density at radius 1 is 0.484 bits per heavy atom. The summed E-state index contributed by atoms with van der Waals surface area (Å²) in [6.45, 7) is 9.17. The zero-order valence-electron chi connectivity index (χ0n) is 20.2. The third-order valence-corrected chi connectivity index (χ3v) is 5.98. The molecule has 0 rings (SSSR count). The van der Waals surface area contributed by atoms with Crippen molar-refractivity contribution in [2.75, 3.05) is 26.4 Å². The molecule has 0 aliphatic rings. The summed E-state index contributed by atoms with van der Waals surface area (Å²) in [5, 5.41) is 0. The van der Waals surface area contributed by atoms with Crippen molar-refractivity contribution in [1.29, 1.82) is 0 Å². The van der Waals surface area contributed by atoms with Crippen LogP contribution in [0.3, 0.4) is 0 Å². The zero-order chi connectivity index (χ0) is 23.1. The average molecular weight is 540 g/mol. The maximum Gasteiger partial charge on any atom is 2.00 e. The van der Waals surface area contributed by atoms with Gasteiger partial charge in [-0.1, -0.05) is 79.1 Å². The first-order valence-electron chi connectivity index (χ1n) is 11.4. The van der Waals surface area contributed by atoms with Crippen LogP contribution in [0.25, 0.3) is 0 Å². The Bertz CT molecular complexity index is 383. The molecule has 31 heavy (non-hydrogen) atoms. The Kier molecular flexibility index (Phi) is 29.9. The normalized spacial score (nSPS) is 11.5. The molecule has 0 aromatic rings. The van der Waals surface area contributed by atoms with Crippen molar-refractivity contribution in [1.82, 2.24) is 0 Å². The third-order valence-electron chi connectivity index (χ3n) is 3.99. The summed E-state index contributed by atoms with van der Waals surface area (Å²) in [4.78, 5) is 22.3. The van der Waals surface area contributed by atoms with E-state index in [1.54, 1.807) is 0 Å². The summed E-state index contributed by atoms with van der Waals surface area (Å²) in [6, 6.07) is 0. The molecule has 0 aliphatic carbocycles. The maximum absolute atomic E-state index is 11.1. The Morgan fingerprint density at radius 3 is 0.839 bits per heavy atom. The molecule has 8 nitrogen and oxygen atoms in total. The molecule has 184 valence electrons. The third kappa shape index (κ3) is 30.8. The maximum atomic E-state index is 11.1. The van der Waals surface area contributed by atoms with Gasteiger partial charge in [-0.3, -0.25) is 9.13 Å². The van der Waals surface area contributed by atoms with E-state index in [9.17, 15) is 18.9 Å². The summed E-state index contributed by atoms with van der Waals surface area (Å²) >= 11 is 0. The smallest absolute Gasteiger partial charge is 0.756 e. The Balaban J connectivity index is -0.000000490. The summed E-state index contributed by atoms with van der Waals surface area (Å²) in [6.07, 6.45) is 11.2. The Hall–Kier alpha value is 0.843. The molecule has 0 amide bonds. The second-order valence-corrected chi connectivity index (χ2v) is 9.88. The van der Waals surface area contributed by atoms with E-state index in [0.717, 1.165) is 77.0 Å². The van der Waals surface area contributed by atoms with E-state index in [2.05, 4.69) is 45.8 Å². The van der Waals surface area contributed by atoms with E-state index in [1.165, 1.54) is 0 Å². The van der Waals surface area contributed by atoms with Gasteiger partial charge in [0.15, 0.2) is 0 Å². The molecule has 0 unspecified atom stereocenters. The molecule has 0 heterocycles. The van der Waals surface area contributed by atoms with Crippen LogP contribution >= 0.6 is 15.6 Å². The molecular formula is C20H44O8P2Zn. The molecule has 0 aromatic heterocycles. The number of rotatable bonds is 20. The summed E-state index contributed by atoms with van der Waals surface area (Å²) < 4.78 is 41.0. The van der Waals surface area contributed by atoms with Gasteiger partial charge < -0.3 is 27.9 Å². The van der Waals surface area contributed by atoms with Gasteiger partial charge in [0.05, 0.1) is 26.4 Å². The van der Waals surface area contributed by atoms with Crippen molar-refractivity contribution in [3.8, 4) is 0 Å². The number of phosphoric acid groups is 2. The first kappa shape index (κ1) is 36.4. The van der Waals surface area contributed by atoms with Gasteiger partial charge in [-0.25, -0.2) is 0 Å². The van der Waals surface area contributed by atoms with Crippen molar-refractivity contribution >= 4 is 15.6 Å². The van der Waals surface area contributed by atoms with Gasteiger partial charge >= 0.3 is 19.5 Å². The summed E-state index contributed by atoms with van der Waals surface area (Å²) in [5.41, 5.74) is 0. The second kappa shape index (κ2) is 25.5. The van der Waals surface area contributed by atoms with E-state index in [4.69, 9.17) is 0 Å². The van der Waals surface area contributed by atoms with E-state index in [-0.39, 0.29) is 45.9 Å². The first-order valence-corrected chi connectivity index (χ1v) is 14.4. The van der Waals surface area contributed by atoms with E-state index < -0.39 is 15.6 Å². The molecule has 0 radical (unpaired) electrons. The largest absolute Gasteiger partial charge is 2.00 e. The number of unbranched alkanes of at least 4 members (excludes halogenated alkanes) is 8. The fourth-order valence-corrected chi connectivity index (χ4v) is 3.75. The van der Waals surface area contributed by atoms with Crippen molar-refractivity contribution < 1.29 is 56.5 Å². The Labute approximate surface area is 203 Å². The first-order chi connectivity index (χ1) is 14.2. The van der Waals surface area contributed by atoms with Crippen LogP contribution in [-0.2, 0) is 46.7 Å².